The van der Waals surface area contributed by atoms with E-state index >= 15 is 0 Å². The number of methoxy groups -OCH3 is 1. The molecule has 0 aliphatic heterocycles. The molecule has 8 nitrogen and oxygen atoms in total. The van der Waals surface area contributed by atoms with Crippen LogP contribution in [-0.2, 0) is 4.79 Å². The number of tetrazole rings is 1. The smallest absolute Gasteiger partial charge is 0.274 e. The lowest BCUT2D eigenvalue weighted by atomic mass is 10.2. The number of hydrogen-bond donors (Lipinski definition) is 1. The number of halogens is 1. The van der Waals surface area contributed by atoms with Crippen LogP contribution in [0.4, 0.5) is 5.69 Å². The monoisotopic (exact) mass is 421 g/mol. The van der Waals surface area contributed by atoms with Gasteiger partial charge in [0.15, 0.2) is 5.82 Å². The number of furan rings is 1. The number of nitrogens with zero attached hydrogens (tertiary/aromatic N) is 4. The highest BCUT2D eigenvalue weighted by Crippen LogP contribution is 2.29. The Bertz CT molecular complexity index is 1190. The largest absolute Gasteiger partial charge is 0.495 e. The van der Waals surface area contributed by atoms with Gasteiger partial charge in [0.2, 0.25) is 0 Å². The average molecular weight is 422 g/mol. The Morgan fingerprint density at radius 2 is 2.00 bits per heavy atom. The van der Waals surface area contributed by atoms with E-state index in [9.17, 15) is 4.79 Å². The van der Waals surface area contributed by atoms with Gasteiger partial charge in [0.25, 0.3) is 5.91 Å². The first-order valence-electron chi connectivity index (χ1n) is 8.90. The molecule has 4 aromatic rings. The molecule has 2 heterocycles. The summed E-state index contributed by atoms with van der Waals surface area (Å²) in [5, 5.41) is 15.1. The topological polar surface area (TPSA) is 95.1 Å². The Labute approximate surface area is 176 Å². The summed E-state index contributed by atoms with van der Waals surface area (Å²) in [6.45, 7) is 0. The zero-order valence-corrected chi connectivity index (χ0v) is 16.6. The quantitative estimate of drug-likeness (QED) is 0.468. The van der Waals surface area contributed by atoms with Gasteiger partial charge in [-0.25, -0.2) is 0 Å². The first kappa shape index (κ1) is 19.4. The highest BCUT2D eigenvalue weighted by molar-refractivity contribution is 6.31. The number of anilines is 1. The third kappa shape index (κ3) is 4.08. The first-order chi connectivity index (χ1) is 14.7. The van der Waals surface area contributed by atoms with Crippen molar-refractivity contribution in [3.05, 3.63) is 77.7 Å². The summed E-state index contributed by atoms with van der Waals surface area (Å²) in [4.78, 5) is 13.3. The number of ether oxygens (including phenoxy) is 1. The Hall–Kier alpha value is -3.91. The van der Waals surface area contributed by atoms with Crippen molar-refractivity contribution >= 4 is 35.0 Å². The van der Waals surface area contributed by atoms with Crippen molar-refractivity contribution in [2.24, 2.45) is 0 Å². The Morgan fingerprint density at radius 1 is 1.17 bits per heavy atom. The molecule has 0 spiro atoms. The fraction of sp³-hybridized carbons (Fsp3) is 0.0476. The zero-order valence-electron chi connectivity index (χ0n) is 15.8. The molecule has 0 radical (unpaired) electrons. The molecule has 0 unspecified atom stereocenters. The van der Waals surface area contributed by atoms with Crippen molar-refractivity contribution in [1.29, 1.82) is 0 Å². The van der Waals surface area contributed by atoms with E-state index in [0.717, 1.165) is 5.56 Å². The predicted octanol–water partition coefficient (Wildman–Crippen LogP) is 4.23. The van der Waals surface area contributed by atoms with Gasteiger partial charge in [-0.2, -0.15) is 4.68 Å². The Morgan fingerprint density at radius 3 is 2.73 bits per heavy atom. The van der Waals surface area contributed by atoms with Gasteiger partial charge in [-0.05, 0) is 40.8 Å². The van der Waals surface area contributed by atoms with Crippen molar-refractivity contribution in [2.45, 2.75) is 0 Å². The van der Waals surface area contributed by atoms with Crippen LogP contribution in [0.5, 0.6) is 5.75 Å². The van der Waals surface area contributed by atoms with Gasteiger partial charge >= 0.3 is 0 Å². The zero-order chi connectivity index (χ0) is 20.9. The van der Waals surface area contributed by atoms with Crippen LogP contribution < -0.4 is 10.1 Å². The van der Waals surface area contributed by atoms with Gasteiger partial charge < -0.3 is 14.5 Å². The maximum atomic E-state index is 13.3. The molecular weight excluding hydrogens is 406 g/mol. The molecule has 150 valence electrons. The number of carbonyl (C=O) groups excluding carboxylic acids is 1. The second-order valence-electron chi connectivity index (χ2n) is 6.12. The molecule has 0 bridgehead atoms. The maximum absolute atomic E-state index is 13.3. The van der Waals surface area contributed by atoms with Crippen LogP contribution in [0.25, 0.3) is 23.2 Å². The SMILES string of the molecule is COc1ccc(Cl)cc1NC(=O)C(=Cc1ccco1)n1nnnc1-c1ccccc1. The van der Waals surface area contributed by atoms with Crippen LogP contribution in [0.3, 0.4) is 0 Å². The van der Waals surface area contributed by atoms with Crippen LogP contribution in [0.1, 0.15) is 5.76 Å². The second kappa shape index (κ2) is 8.62. The molecule has 1 amide bonds. The first-order valence-corrected chi connectivity index (χ1v) is 9.28. The number of hydrogen-bond acceptors (Lipinski definition) is 6. The van der Waals surface area contributed by atoms with Crippen LogP contribution in [-0.4, -0.2) is 33.2 Å². The van der Waals surface area contributed by atoms with Crippen molar-refractivity contribution in [3.63, 3.8) is 0 Å². The number of benzene rings is 2. The molecule has 0 fully saturated rings. The summed E-state index contributed by atoms with van der Waals surface area (Å²) in [6, 6.07) is 17.7. The van der Waals surface area contributed by atoms with Gasteiger partial charge in [-0.15, -0.1) is 5.10 Å². The molecule has 4 rings (SSSR count). The second-order valence-corrected chi connectivity index (χ2v) is 6.56. The molecule has 2 aromatic carbocycles. The number of aromatic nitrogens is 4. The third-order valence-corrected chi connectivity index (χ3v) is 4.43. The van der Waals surface area contributed by atoms with Crippen LogP contribution in [0.15, 0.2) is 71.3 Å². The lowest BCUT2D eigenvalue weighted by Gasteiger charge is -2.13. The van der Waals surface area contributed by atoms with Crippen LogP contribution in [0.2, 0.25) is 5.02 Å². The fourth-order valence-corrected chi connectivity index (χ4v) is 2.98. The molecule has 0 saturated carbocycles. The molecule has 2 aromatic heterocycles. The number of nitrogens with one attached hydrogen (secondary N) is 1. The molecule has 9 heteroatoms. The maximum Gasteiger partial charge on any atom is 0.274 e. The lowest BCUT2D eigenvalue weighted by Crippen LogP contribution is -2.19. The lowest BCUT2D eigenvalue weighted by molar-refractivity contribution is -0.111. The highest BCUT2D eigenvalue weighted by atomic mass is 35.5. The highest BCUT2D eigenvalue weighted by Gasteiger charge is 2.21. The number of rotatable bonds is 6. The summed E-state index contributed by atoms with van der Waals surface area (Å²) in [7, 11) is 1.51. The fourth-order valence-electron chi connectivity index (χ4n) is 2.81. The van der Waals surface area contributed by atoms with Gasteiger partial charge in [-0.1, -0.05) is 41.9 Å². The minimum absolute atomic E-state index is 0.149. The van der Waals surface area contributed by atoms with Crippen molar-refractivity contribution in [3.8, 4) is 17.1 Å². The van der Waals surface area contributed by atoms with Crippen LogP contribution >= 0.6 is 11.6 Å². The molecule has 0 saturated heterocycles. The standard InChI is InChI=1S/C21H16ClN5O3/c1-29-19-10-9-15(22)12-17(19)23-21(28)18(13-16-8-5-11-30-16)27-20(24-25-26-27)14-6-3-2-4-7-14/h2-13H,1H3,(H,23,28). The molecule has 30 heavy (non-hydrogen) atoms. The predicted molar refractivity (Wildman–Crippen MR) is 113 cm³/mol. The summed E-state index contributed by atoms with van der Waals surface area (Å²) in [5.74, 6) is 0.857. The van der Waals surface area contributed by atoms with E-state index in [2.05, 4.69) is 20.8 Å². The molecule has 0 aliphatic carbocycles. The Kier molecular flexibility index (Phi) is 5.58. The van der Waals surface area contributed by atoms with Gasteiger partial charge in [-0.3, -0.25) is 4.79 Å². The minimum Gasteiger partial charge on any atom is -0.495 e. The summed E-state index contributed by atoms with van der Waals surface area (Å²) < 4.78 is 12.1. The number of amides is 1. The summed E-state index contributed by atoms with van der Waals surface area (Å²) in [5.41, 5.74) is 1.31. The molecule has 1 N–H and O–H groups in total. The summed E-state index contributed by atoms with van der Waals surface area (Å²) in [6.07, 6.45) is 3.06. The normalized spacial score (nSPS) is 11.3. The van der Waals surface area contributed by atoms with E-state index in [0.29, 0.717) is 28.0 Å². The van der Waals surface area contributed by atoms with Gasteiger partial charge in [0, 0.05) is 16.7 Å². The van der Waals surface area contributed by atoms with E-state index in [1.54, 1.807) is 36.4 Å². The third-order valence-electron chi connectivity index (χ3n) is 4.19. The molecule has 0 aliphatic rings. The minimum atomic E-state index is -0.476. The number of carbonyl (C=O) groups is 1. The van der Waals surface area contributed by atoms with Crippen molar-refractivity contribution < 1.29 is 13.9 Å². The van der Waals surface area contributed by atoms with E-state index in [1.807, 2.05) is 30.3 Å². The van der Waals surface area contributed by atoms with Gasteiger partial charge in [0.1, 0.15) is 17.2 Å². The van der Waals surface area contributed by atoms with Crippen molar-refractivity contribution in [2.75, 3.05) is 12.4 Å². The summed E-state index contributed by atoms with van der Waals surface area (Å²) >= 11 is 6.08. The van der Waals surface area contributed by atoms with Crippen LogP contribution in [0, 0.1) is 0 Å². The molecular formula is C21H16ClN5O3. The van der Waals surface area contributed by atoms with E-state index in [4.69, 9.17) is 20.8 Å². The van der Waals surface area contributed by atoms with Gasteiger partial charge in [0.05, 0.1) is 19.1 Å². The van der Waals surface area contributed by atoms with E-state index in [1.165, 1.54) is 18.1 Å². The van der Waals surface area contributed by atoms with Crippen molar-refractivity contribution in [1.82, 2.24) is 20.2 Å². The van der Waals surface area contributed by atoms with E-state index < -0.39 is 5.91 Å². The Balaban J connectivity index is 1.77. The van der Waals surface area contributed by atoms with E-state index in [-0.39, 0.29) is 5.70 Å². The molecule has 0 atom stereocenters. The average Bonchev–Trinajstić information content (AvgIpc) is 3.45.